The number of fused-ring (bicyclic) bond motifs is 5. The fourth-order valence-corrected chi connectivity index (χ4v) is 8.55. The Kier molecular flexibility index (Phi) is 6.79. The lowest BCUT2D eigenvalue weighted by Gasteiger charge is -2.57. The summed E-state index contributed by atoms with van der Waals surface area (Å²) in [6, 6.07) is 9.62. The Labute approximate surface area is 224 Å². The first-order valence-corrected chi connectivity index (χ1v) is 14.5. The molecule has 1 aromatic heterocycles. The van der Waals surface area contributed by atoms with Crippen molar-refractivity contribution in [3.63, 3.8) is 0 Å². The molecule has 38 heavy (non-hydrogen) atoms. The predicted molar refractivity (Wildman–Crippen MR) is 146 cm³/mol. The van der Waals surface area contributed by atoms with E-state index in [1.54, 1.807) is 6.92 Å². The normalized spacial score (nSPS) is 33.7. The Morgan fingerprint density at radius 2 is 1.84 bits per heavy atom. The number of oxime groups is 1. The van der Waals surface area contributed by atoms with E-state index in [0.29, 0.717) is 29.3 Å². The van der Waals surface area contributed by atoms with Crippen LogP contribution in [0, 0.1) is 11.3 Å². The number of carboxylic acid groups (broad SMARTS) is 1. The van der Waals surface area contributed by atoms with Crippen molar-refractivity contribution in [2.45, 2.75) is 109 Å². The number of para-hydroxylation sites is 2. The fraction of sp³-hybridized carbons (Fsp3) is 0.667. The molecule has 3 unspecified atom stereocenters. The monoisotopic (exact) mass is 520 g/mol. The summed E-state index contributed by atoms with van der Waals surface area (Å²) in [5.41, 5.74) is 2.47. The van der Waals surface area contributed by atoms with Gasteiger partial charge < -0.3 is 14.5 Å². The first-order valence-electron chi connectivity index (χ1n) is 14.5. The van der Waals surface area contributed by atoms with Crippen LogP contribution in [-0.4, -0.2) is 56.0 Å². The number of benzene rings is 1. The van der Waals surface area contributed by atoms with E-state index in [1.807, 2.05) is 28.8 Å². The fourth-order valence-electron chi connectivity index (χ4n) is 8.55. The molecule has 204 valence electrons. The zero-order valence-electron chi connectivity index (χ0n) is 22.6. The van der Waals surface area contributed by atoms with Gasteiger partial charge in [0.25, 0.3) is 5.56 Å². The van der Waals surface area contributed by atoms with Crippen molar-refractivity contribution in [1.29, 1.82) is 0 Å². The average molecular weight is 521 g/mol. The van der Waals surface area contributed by atoms with Crippen LogP contribution in [0.5, 0.6) is 0 Å². The number of piperidine rings is 2. The predicted octanol–water partition coefficient (Wildman–Crippen LogP) is 5.14. The Balaban J connectivity index is 1.32. The number of hydrogen-bond acceptors (Lipinski definition) is 6. The van der Waals surface area contributed by atoms with Crippen molar-refractivity contribution in [1.82, 2.24) is 14.5 Å². The van der Waals surface area contributed by atoms with Gasteiger partial charge in [0.05, 0.1) is 11.0 Å². The topological polar surface area (TPSA) is 97.0 Å². The minimum absolute atomic E-state index is 0.104. The van der Waals surface area contributed by atoms with E-state index in [9.17, 15) is 9.59 Å². The van der Waals surface area contributed by atoms with Crippen LogP contribution >= 0.6 is 0 Å². The number of aromatic nitrogens is 2. The highest BCUT2D eigenvalue weighted by atomic mass is 16.6. The van der Waals surface area contributed by atoms with Gasteiger partial charge in [-0.05, 0) is 81.8 Å². The van der Waals surface area contributed by atoms with E-state index >= 15 is 0 Å². The highest BCUT2D eigenvalue weighted by molar-refractivity contribution is 5.97. The molecule has 0 radical (unpaired) electrons. The third-order valence-electron chi connectivity index (χ3n) is 9.83. The maximum atomic E-state index is 13.9. The van der Waals surface area contributed by atoms with E-state index in [2.05, 4.69) is 22.0 Å². The number of hydrogen-bond donors (Lipinski definition) is 1. The lowest BCUT2D eigenvalue weighted by atomic mass is 9.60. The largest absolute Gasteiger partial charge is 0.479 e. The lowest BCUT2D eigenvalue weighted by molar-refractivity contribution is -0.142. The first kappa shape index (κ1) is 25.5. The highest BCUT2D eigenvalue weighted by Crippen LogP contribution is 2.52. The molecule has 2 saturated heterocycles. The Bertz CT molecular complexity index is 1290. The molecule has 3 heterocycles. The van der Waals surface area contributed by atoms with Crippen LogP contribution in [0.15, 0.2) is 34.2 Å². The molecular formula is C30H40N4O4. The van der Waals surface area contributed by atoms with E-state index in [0.717, 1.165) is 29.8 Å². The molecular weight excluding hydrogens is 480 g/mol. The summed E-state index contributed by atoms with van der Waals surface area (Å²) in [4.78, 5) is 37.3. The van der Waals surface area contributed by atoms with Crippen molar-refractivity contribution in [3.05, 3.63) is 40.3 Å². The van der Waals surface area contributed by atoms with Gasteiger partial charge in [0.2, 0.25) is 6.61 Å². The minimum Gasteiger partial charge on any atom is -0.479 e. The molecule has 1 N–H and O–H groups in total. The number of aliphatic carboxylic acids is 1. The van der Waals surface area contributed by atoms with E-state index in [4.69, 9.17) is 9.94 Å². The molecule has 6 atom stereocenters. The molecule has 8 heteroatoms. The van der Waals surface area contributed by atoms with Gasteiger partial charge in [0.1, 0.15) is 5.71 Å². The summed E-state index contributed by atoms with van der Waals surface area (Å²) in [6.45, 7) is 3.63. The molecule has 2 aliphatic heterocycles. The summed E-state index contributed by atoms with van der Waals surface area (Å²) >= 11 is 0. The molecule has 0 amide bonds. The molecule has 1 aromatic carbocycles. The smallest absolute Gasteiger partial charge is 0.344 e. The second-order valence-corrected chi connectivity index (χ2v) is 12.6. The second kappa shape index (κ2) is 10.1. The molecule has 4 fully saturated rings. The van der Waals surface area contributed by atoms with Crippen LogP contribution in [0.3, 0.4) is 0 Å². The average Bonchev–Trinajstić information content (AvgIpc) is 2.86. The molecule has 6 rings (SSSR count). The lowest BCUT2D eigenvalue weighted by Crippen LogP contribution is -2.59. The van der Waals surface area contributed by atoms with Crippen LogP contribution in [0.2, 0.25) is 0 Å². The molecule has 4 aliphatic rings. The Hall–Kier alpha value is -2.74. The second-order valence-electron chi connectivity index (χ2n) is 12.6. The molecule has 8 nitrogen and oxygen atoms in total. The summed E-state index contributed by atoms with van der Waals surface area (Å²) in [6.07, 6.45) is 13.9. The van der Waals surface area contributed by atoms with Crippen LogP contribution in [0.4, 0.5) is 0 Å². The standard InChI is InChI=1S/C30H40N4O4/c1-19(32-38-18-27(35)36)28-29(37)34(26-11-4-3-10-25(26)31-28)23-14-21-8-5-9-22(15-23)33(21)24-13-20-7-6-12-30(2,16-20)17-24/h3-4,10-11,20-24H,5-9,12-18H2,1-2H3,(H,35,36)/b32-19+/t20-,21-,22?,23?,24?,30-/m0/s1. The van der Waals surface area contributed by atoms with Crippen molar-refractivity contribution < 1.29 is 14.7 Å². The van der Waals surface area contributed by atoms with Gasteiger partial charge in [0.15, 0.2) is 5.69 Å². The number of nitrogens with zero attached hydrogens (tertiary/aromatic N) is 4. The maximum Gasteiger partial charge on any atom is 0.344 e. The van der Waals surface area contributed by atoms with Crippen molar-refractivity contribution >= 4 is 22.7 Å². The third-order valence-corrected chi connectivity index (χ3v) is 9.83. The van der Waals surface area contributed by atoms with Gasteiger partial charge in [-0.1, -0.05) is 43.5 Å². The molecule has 2 saturated carbocycles. The summed E-state index contributed by atoms with van der Waals surface area (Å²) in [7, 11) is 0. The SMILES string of the molecule is C/C(=N\OCC(=O)O)c1nc2ccccc2n(C2CC3CCC[C@@H](C2)N3C2C[C@@H]3CCC[C@](C)(C2)C3)c1=O. The van der Waals surface area contributed by atoms with Crippen LogP contribution in [-0.2, 0) is 9.63 Å². The van der Waals surface area contributed by atoms with Crippen molar-refractivity contribution in [3.8, 4) is 0 Å². The van der Waals surface area contributed by atoms with E-state index < -0.39 is 12.6 Å². The minimum atomic E-state index is -1.11. The third kappa shape index (κ3) is 4.76. The van der Waals surface area contributed by atoms with Gasteiger partial charge in [0, 0.05) is 24.2 Å². The van der Waals surface area contributed by atoms with Gasteiger partial charge in [-0.25, -0.2) is 9.78 Å². The maximum absolute atomic E-state index is 13.9. The zero-order chi connectivity index (χ0) is 26.4. The molecule has 4 bridgehead atoms. The van der Waals surface area contributed by atoms with Gasteiger partial charge in [-0.15, -0.1) is 0 Å². The van der Waals surface area contributed by atoms with E-state index in [-0.39, 0.29) is 17.3 Å². The van der Waals surface area contributed by atoms with Gasteiger partial charge in [-0.3, -0.25) is 9.69 Å². The molecule has 2 aliphatic carbocycles. The number of carboxylic acids is 1. The summed E-state index contributed by atoms with van der Waals surface area (Å²) < 4.78 is 1.97. The van der Waals surface area contributed by atoms with Crippen LogP contribution < -0.4 is 5.56 Å². The number of carbonyl (C=O) groups is 1. The zero-order valence-corrected chi connectivity index (χ0v) is 22.6. The van der Waals surface area contributed by atoms with E-state index in [1.165, 1.54) is 57.8 Å². The van der Waals surface area contributed by atoms with Crippen molar-refractivity contribution in [2.75, 3.05) is 6.61 Å². The van der Waals surface area contributed by atoms with Gasteiger partial charge >= 0.3 is 5.97 Å². The highest BCUT2D eigenvalue weighted by Gasteiger charge is 2.48. The number of rotatable bonds is 6. The Morgan fingerprint density at radius 3 is 2.58 bits per heavy atom. The summed E-state index contributed by atoms with van der Waals surface area (Å²) in [5, 5.41) is 12.8. The van der Waals surface area contributed by atoms with Crippen LogP contribution in [0.1, 0.15) is 96.2 Å². The quantitative estimate of drug-likeness (QED) is 0.419. The molecule has 2 aromatic rings. The summed E-state index contributed by atoms with van der Waals surface area (Å²) in [5.74, 6) is -0.231. The van der Waals surface area contributed by atoms with Crippen molar-refractivity contribution in [2.24, 2.45) is 16.5 Å². The molecule has 0 spiro atoms. The Morgan fingerprint density at radius 1 is 1.08 bits per heavy atom. The first-order chi connectivity index (χ1) is 18.3. The van der Waals surface area contributed by atoms with Gasteiger partial charge in [-0.2, -0.15) is 0 Å². The van der Waals surface area contributed by atoms with Crippen LogP contribution in [0.25, 0.3) is 11.0 Å².